The second kappa shape index (κ2) is 7.85. The highest BCUT2D eigenvalue weighted by Gasteiger charge is 2.31. The third-order valence-corrected chi connectivity index (χ3v) is 7.77. The van der Waals surface area contributed by atoms with Crippen LogP contribution in [0, 0.1) is 11.3 Å². The van der Waals surface area contributed by atoms with Gasteiger partial charge in [0.2, 0.25) is 5.91 Å². The molecule has 32 heavy (non-hydrogen) atoms. The van der Waals surface area contributed by atoms with E-state index in [2.05, 4.69) is 31.1 Å². The molecule has 1 unspecified atom stereocenters. The molecule has 1 atom stereocenters. The Kier molecular flexibility index (Phi) is 5.13. The fourth-order valence-corrected chi connectivity index (χ4v) is 5.93. The van der Waals surface area contributed by atoms with Gasteiger partial charge in [-0.2, -0.15) is 0 Å². The molecule has 0 spiro atoms. The maximum absolute atomic E-state index is 13.3. The fourth-order valence-electron chi connectivity index (χ4n) is 4.68. The summed E-state index contributed by atoms with van der Waals surface area (Å²) in [6.07, 6.45) is 4.50. The summed E-state index contributed by atoms with van der Waals surface area (Å²) in [6.45, 7) is 6.81. The molecule has 164 valence electrons. The average Bonchev–Trinajstić information content (AvgIpc) is 3.13. The number of benzene rings is 2. The van der Waals surface area contributed by atoms with E-state index in [1.807, 2.05) is 42.5 Å². The summed E-state index contributed by atoms with van der Waals surface area (Å²) in [6, 6.07) is 13.8. The molecule has 5 rings (SSSR count). The molecule has 1 aliphatic rings. The Morgan fingerprint density at radius 2 is 1.97 bits per heavy atom. The number of carbonyl (C=O) groups is 1. The molecule has 0 radical (unpaired) electrons. The van der Waals surface area contributed by atoms with Crippen LogP contribution in [0.3, 0.4) is 0 Å². The third kappa shape index (κ3) is 3.84. The molecule has 4 aromatic rings. The van der Waals surface area contributed by atoms with E-state index in [0.29, 0.717) is 11.3 Å². The molecule has 2 aromatic carbocycles. The minimum atomic E-state index is -0.236. The largest absolute Gasteiger partial charge is 0.325 e. The molecule has 0 aliphatic heterocycles. The minimum Gasteiger partial charge on any atom is -0.325 e. The number of hydrogen-bond acceptors (Lipinski definition) is 4. The summed E-state index contributed by atoms with van der Waals surface area (Å²) in [4.78, 5) is 32.6. The molecule has 0 saturated heterocycles. The van der Waals surface area contributed by atoms with Crippen molar-refractivity contribution in [2.45, 2.75) is 46.6 Å². The number of thiophene rings is 1. The predicted molar refractivity (Wildman–Crippen MR) is 131 cm³/mol. The van der Waals surface area contributed by atoms with Crippen LogP contribution >= 0.6 is 11.3 Å². The summed E-state index contributed by atoms with van der Waals surface area (Å²) in [5, 5.41) is 5.80. The van der Waals surface area contributed by atoms with Crippen molar-refractivity contribution in [3.63, 3.8) is 0 Å². The second-order valence-electron chi connectivity index (χ2n) is 9.78. The van der Waals surface area contributed by atoms with Gasteiger partial charge in [-0.3, -0.25) is 14.2 Å². The van der Waals surface area contributed by atoms with Crippen molar-refractivity contribution in [3.8, 4) is 0 Å². The maximum Gasteiger partial charge on any atom is 0.262 e. The van der Waals surface area contributed by atoms with Gasteiger partial charge in [-0.1, -0.05) is 51.1 Å². The fraction of sp³-hybridized carbons (Fsp3) is 0.346. The van der Waals surface area contributed by atoms with Crippen molar-refractivity contribution in [1.29, 1.82) is 0 Å². The Bertz CT molecular complexity index is 1390. The lowest BCUT2D eigenvalue weighted by Gasteiger charge is -2.33. The summed E-state index contributed by atoms with van der Waals surface area (Å²) >= 11 is 1.64. The quantitative estimate of drug-likeness (QED) is 0.459. The minimum absolute atomic E-state index is 0.0517. The Labute approximate surface area is 191 Å². The smallest absolute Gasteiger partial charge is 0.262 e. The Morgan fingerprint density at radius 1 is 1.19 bits per heavy atom. The van der Waals surface area contributed by atoms with Crippen LogP contribution in [0.1, 0.15) is 37.6 Å². The van der Waals surface area contributed by atoms with Crippen LogP contribution in [0.2, 0.25) is 0 Å². The van der Waals surface area contributed by atoms with Crippen LogP contribution in [0.5, 0.6) is 0 Å². The van der Waals surface area contributed by atoms with Crippen molar-refractivity contribution in [2.75, 3.05) is 5.32 Å². The van der Waals surface area contributed by atoms with Gasteiger partial charge in [-0.05, 0) is 59.1 Å². The number of fused-ring (bicyclic) bond motifs is 4. The second-order valence-corrected chi connectivity index (χ2v) is 10.9. The Morgan fingerprint density at radius 3 is 2.75 bits per heavy atom. The highest BCUT2D eigenvalue weighted by atomic mass is 32.1. The number of rotatable bonds is 3. The first-order valence-corrected chi connectivity index (χ1v) is 11.9. The first kappa shape index (κ1) is 20.9. The third-order valence-electron chi connectivity index (χ3n) is 6.61. The lowest BCUT2D eigenvalue weighted by molar-refractivity contribution is -0.116. The van der Waals surface area contributed by atoms with Gasteiger partial charge in [0.1, 0.15) is 11.4 Å². The first-order chi connectivity index (χ1) is 15.3. The number of aryl methyl sites for hydroxylation is 1. The van der Waals surface area contributed by atoms with Crippen LogP contribution in [0.15, 0.2) is 53.6 Å². The van der Waals surface area contributed by atoms with E-state index in [9.17, 15) is 9.59 Å². The average molecular weight is 446 g/mol. The predicted octanol–water partition coefficient (Wildman–Crippen LogP) is 5.40. The standard InChI is InChI=1S/C26H27N3O2S/c1-26(2,3)18-9-11-20-21(13-18)32-24-23(20)25(31)29(15-27-24)14-22(30)28-19-10-8-16-6-4-5-7-17(16)12-19/h4-8,10,12,15,18H,9,11,13-14H2,1-3H3,(H,28,30). The maximum atomic E-state index is 13.3. The topological polar surface area (TPSA) is 64.0 Å². The van der Waals surface area contributed by atoms with E-state index in [-0.39, 0.29) is 23.4 Å². The molecule has 0 fully saturated rings. The van der Waals surface area contributed by atoms with Gasteiger partial charge in [0.25, 0.3) is 5.56 Å². The van der Waals surface area contributed by atoms with E-state index in [0.717, 1.165) is 46.1 Å². The van der Waals surface area contributed by atoms with E-state index < -0.39 is 0 Å². The Balaban J connectivity index is 1.39. The number of nitrogens with zero attached hydrogens (tertiary/aromatic N) is 2. The lowest BCUT2D eigenvalue weighted by Crippen LogP contribution is -2.29. The molecule has 2 heterocycles. The molecule has 5 nitrogen and oxygen atoms in total. The van der Waals surface area contributed by atoms with Crippen LogP contribution in [0.4, 0.5) is 5.69 Å². The summed E-state index contributed by atoms with van der Waals surface area (Å²) in [5.41, 5.74) is 2.00. The van der Waals surface area contributed by atoms with Crippen molar-refractivity contribution in [1.82, 2.24) is 9.55 Å². The van der Waals surface area contributed by atoms with Crippen molar-refractivity contribution < 1.29 is 4.79 Å². The molecular weight excluding hydrogens is 418 g/mol. The van der Waals surface area contributed by atoms with Crippen molar-refractivity contribution in [3.05, 3.63) is 69.6 Å². The zero-order valence-electron chi connectivity index (χ0n) is 18.6. The normalized spacial score (nSPS) is 16.3. The number of carbonyl (C=O) groups excluding carboxylic acids is 1. The van der Waals surface area contributed by atoms with Crippen LogP contribution < -0.4 is 10.9 Å². The summed E-state index contributed by atoms with van der Waals surface area (Å²) < 4.78 is 1.43. The number of nitrogens with one attached hydrogen (secondary N) is 1. The number of anilines is 1. The Hall–Kier alpha value is -2.99. The molecular formula is C26H27N3O2S. The van der Waals surface area contributed by atoms with Gasteiger partial charge in [-0.25, -0.2) is 4.98 Å². The van der Waals surface area contributed by atoms with Crippen molar-refractivity contribution >= 4 is 43.9 Å². The lowest BCUT2D eigenvalue weighted by atomic mass is 9.72. The van der Waals surface area contributed by atoms with Crippen LogP contribution in [-0.4, -0.2) is 15.5 Å². The molecule has 0 saturated carbocycles. The first-order valence-electron chi connectivity index (χ1n) is 11.1. The van der Waals surface area contributed by atoms with E-state index >= 15 is 0 Å². The van der Waals surface area contributed by atoms with Gasteiger partial charge >= 0.3 is 0 Å². The van der Waals surface area contributed by atoms with Crippen LogP contribution in [0.25, 0.3) is 21.0 Å². The van der Waals surface area contributed by atoms with E-state index in [4.69, 9.17) is 0 Å². The van der Waals surface area contributed by atoms with Crippen molar-refractivity contribution in [2.24, 2.45) is 11.3 Å². The number of amides is 1. The van der Waals surface area contributed by atoms with E-state index in [1.54, 1.807) is 11.3 Å². The molecule has 0 bridgehead atoms. The van der Waals surface area contributed by atoms with Gasteiger partial charge in [0.05, 0.1) is 11.7 Å². The van der Waals surface area contributed by atoms with Gasteiger partial charge < -0.3 is 5.32 Å². The summed E-state index contributed by atoms with van der Waals surface area (Å²) in [7, 11) is 0. The molecule has 6 heteroatoms. The highest BCUT2D eigenvalue weighted by molar-refractivity contribution is 7.18. The van der Waals surface area contributed by atoms with Gasteiger partial charge in [0, 0.05) is 10.6 Å². The molecule has 2 aromatic heterocycles. The van der Waals surface area contributed by atoms with Gasteiger partial charge in [0.15, 0.2) is 0 Å². The zero-order valence-corrected chi connectivity index (χ0v) is 19.5. The van der Waals surface area contributed by atoms with Gasteiger partial charge in [-0.15, -0.1) is 11.3 Å². The highest BCUT2D eigenvalue weighted by Crippen LogP contribution is 2.41. The number of aromatic nitrogens is 2. The monoisotopic (exact) mass is 445 g/mol. The molecule has 1 aliphatic carbocycles. The SMILES string of the molecule is CC(C)(C)C1CCc2c(sc3ncn(CC(=O)Nc4ccc5ccccc5c4)c(=O)c23)C1. The van der Waals surface area contributed by atoms with E-state index in [1.165, 1.54) is 15.8 Å². The number of hydrogen-bond donors (Lipinski definition) is 1. The molecule has 1 amide bonds. The summed E-state index contributed by atoms with van der Waals surface area (Å²) in [5.74, 6) is 0.374. The zero-order chi connectivity index (χ0) is 22.5. The van der Waals surface area contributed by atoms with Crippen LogP contribution in [-0.2, 0) is 24.2 Å². The molecule has 1 N–H and O–H groups in total.